The SMILES string of the molecule is CCc1nc(CN2CCN(C(=O)c3ccc4c(c3)CCN4S(C)(=O)=O)CC2)cs1. The topological polar surface area (TPSA) is 73.8 Å². The van der Waals surface area contributed by atoms with Gasteiger partial charge in [-0.15, -0.1) is 11.3 Å². The van der Waals surface area contributed by atoms with Crippen molar-refractivity contribution in [3.63, 3.8) is 0 Å². The molecule has 29 heavy (non-hydrogen) atoms. The number of hydrogen-bond donors (Lipinski definition) is 0. The fourth-order valence-electron chi connectivity index (χ4n) is 3.95. The average Bonchev–Trinajstić information content (AvgIpc) is 3.33. The maximum atomic E-state index is 13.0. The van der Waals surface area contributed by atoms with Crippen LogP contribution in [0.15, 0.2) is 23.6 Å². The Bertz CT molecular complexity index is 1010. The van der Waals surface area contributed by atoms with Crippen LogP contribution < -0.4 is 4.31 Å². The summed E-state index contributed by atoms with van der Waals surface area (Å²) in [4.78, 5) is 21.8. The van der Waals surface area contributed by atoms with Gasteiger partial charge >= 0.3 is 0 Å². The van der Waals surface area contributed by atoms with Gasteiger partial charge in [0.25, 0.3) is 5.91 Å². The van der Waals surface area contributed by atoms with E-state index in [1.165, 1.54) is 15.6 Å². The van der Waals surface area contributed by atoms with Crippen LogP contribution in [0.1, 0.15) is 33.5 Å². The number of aryl methyl sites for hydroxylation is 1. The van der Waals surface area contributed by atoms with E-state index in [0.29, 0.717) is 37.3 Å². The van der Waals surface area contributed by atoms with Gasteiger partial charge in [0, 0.05) is 50.2 Å². The Morgan fingerprint density at radius 3 is 2.59 bits per heavy atom. The fourth-order valence-corrected chi connectivity index (χ4v) is 5.65. The number of anilines is 1. The molecule has 1 amide bonds. The molecule has 156 valence electrons. The number of nitrogens with zero attached hydrogens (tertiary/aromatic N) is 4. The smallest absolute Gasteiger partial charge is 0.253 e. The minimum Gasteiger partial charge on any atom is -0.336 e. The number of benzene rings is 1. The first-order valence-electron chi connectivity index (χ1n) is 9.90. The fraction of sp³-hybridized carbons (Fsp3) is 0.500. The van der Waals surface area contributed by atoms with Crippen molar-refractivity contribution in [1.29, 1.82) is 0 Å². The predicted octanol–water partition coefficient (Wildman–Crippen LogP) is 1.99. The van der Waals surface area contributed by atoms with Gasteiger partial charge in [0.05, 0.1) is 22.6 Å². The van der Waals surface area contributed by atoms with Crippen LogP contribution in [0.25, 0.3) is 0 Å². The third-order valence-corrected chi connectivity index (χ3v) is 7.75. The molecule has 3 heterocycles. The van der Waals surface area contributed by atoms with Crippen LogP contribution in [0.4, 0.5) is 5.69 Å². The largest absolute Gasteiger partial charge is 0.336 e. The van der Waals surface area contributed by atoms with Gasteiger partial charge in [0.15, 0.2) is 0 Å². The third-order valence-electron chi connectivity index (χ3n) is 5.53. The Morgan fingerprint density at radius 2 is 1.93 bits per heavy atom. The molecule has 2 aliphatic rings. The molecular formula is C20H26N4O3S2. The Balaban J connectivity index is 1.37. The van der Waals surface area contributed by atoms with E-state index in [-0.39, 0.29) is 5.91 Å². The van der Waals surface area contributed by atoms with Crippen molar-refractivity contribution in [2.75, 3.05) is 43.3 Å². The van der Waals surface area contributed by atoms with Gasteiger partial charge in [-0.05, 0) is 36.6 Å². The summed E-state index contributed by atoms with van der Waals surface area (Å²) in [6.07, 6.45) is 2.83. The number of carbonyl (C=O) groups is 1. The second kappa shape index (κ2) is 8.04. The first-order valence-corrected chi connectivity index (χ1v) is 12.6. The van der Waals surface area contributed by atoms with E-state index in [4.69, 9.17) is 0 Å². The number of thiazole rings is 1. The Hall–Kier alpha value is -1.97. The molecule has 1 aromatic carbocycles. The Labute approximate surface area is 176 Å². The molecule has 2 aromatic rings. The van der Waals surface area contributed by atoms with E-state index in [1.54, 1.807) is 23.5 Å². The molecule has 2 aliphatic heterocycles. The predicted molar refractivity (Wildman–Crippen MR) is 115 cm³/mol. The monoisotopic (exact) mass is 434 g/mol. The summed E-state index contributed by atoms with van der Waals surface area (Å²) in [5.74, 6) is 0.0205. The van der Waals surface area contributed by atoms with Gasteiger partial charge < -0.3 is 4.90 Å². The molecule has 1 fully saturated rings. The lowest BCUT2D eigenvalue weighted by Crippen LogP contribution is -2.48. The van der Waals surface area contributed by atoms with Crippen LogP contribution in [-0.2, 0) is 29.4 Å². The highest BCUT2D eigenvalue weighted by atomic mass is 32.2. The highest BCUT2D eigenvalue weighted by molar-refractivity contribution is 7.92. The normalized spacial score (nSPS) is 17.6. The molecule has 0 spiro atoms. The quantitative estimate of drug-likeness (QED) is 0.720. The zero-order chi connectivity index (χ0) is 20.6. The van der Waals surface area contributed by atoms with Crippen molar-refractivity contribution in [2.24, 2.45) is 0 Å². The van der Waals surface area contributed by atoms with E-state index in [0.717, 1.165) is 37.3 Å². The maximum absolute atomic E-state index is 13.0. The number of hydrogen-bond acceptors (Lipinski definition) is 6. The molecule has 1 saturated heterocycles. The molecule has 7 nitrogen and oxygen atoms in total. The van der Waals surface area contributed by atoms with E-state index in [1.807, 2.05) is 11.0 Å². The van der Waals surface area contributed by atoms with E-state index < -0.39 is 10.0 Å². The lowest BCUT2D eigenvalue weighted by atomic mass is 10.1. The third kappa shape index (κ3) is 4.31. The van der Waals surface area contributed by atoms with Crippen molar-refractivity contribution in [2.45, 2.75) is 26.3 Å². The number of piperazine rings is 1. The summed E-state index contributed by atoms with van der Waals surface area (Å²) in [6, 6.07) is 5.37. The van der Waals surface area contributed by atoms with Crippen molar-refractivity contribution in [1.82, 2.24) is 14.8 Å². The van der Waals surface area contributed by atoms with Crippen LogP contribution in [0.5, 0.6) is 0 Å². The van der Waals surface area contributed by atoms with Crippen LogP contribution in [0.2, 0.25) is 0 Å². The van der Waals surface area contributed by atoms with Gasteiger partial charge in [-0.1, -0.05) is 6.92 Å². The minimum atomic E-state index is -3.27. The first kappa shape index (κ1) is 20.3. The minimum absolute atomic E-state index is 0.0205. The first-order chi connectivity index (χ1) is 13.8. The van der Waals surface area contributed by atoms with Crippen LogP contribution in [0, 0.1) is 0 Å². The molecule has 1 aromatic heterocycles. The average molecular weight is 435 g/mol. The van der Waals surface area contributed by atoms with Gasteiger partial charge in [0.2, 0.25) is 10.0 Å². The van der Waals surface area contributed by atoms with Crippen molar-refractivity contribution >= 4 is 33.0 Å². The second-order valence-electron chi connectivity index (χ2n) is 7.58. The summed E-state index contributed by atoms with van der Waals surface area (Å²) in [7, 11) is -3.27. The molecule has 9 heteroatoms. The zero-order valence-electron chi connectivity index (χ0n) is 16.8. The number of aromatic nitrogens is 1. The Kier molecular flexibility index (Phi) is 5.63. The summed E-state index contributed by atoms with van der Waals surface area (Å²) in [5.41, 5.74) is 3.37. The second-order valence-corrected chi connectivity index (χ2v) is 10.4. The number of amides is 1. The highest BCUT2D eigenvalue weighted by Gasteiger charge is 2.28. The zero-order valence-corrected chi connectivity index (χ0v) is 18.4. The summed E-state index contributed by atoms with van der Waals surface area (Å²) in [6.45, 7) is 6.44. The molecule has 0 aliphatic carbocycles. The molecule has 0 bridgehead atoms. The summed E-state index contributed by atoms with van der Waals surface area (Å²) in [5, 5.41) is 3.29. The van der Waals surface area contributed by atoms with Gasteiger partial charge in [0.1, 0.15) is 0 Å². The molecule has 0 unspecified atom stereocenters. The number of fused-ring (bicyclic) bond motifs is 1. The molecule has 0 N–H and O–H groups in total. The number of carbonyl (C=O) groups excluding carboxylic acids is 1. The summed E-state index contributed by atoms with van der Waals surface area (Å²) >= 11 is 1.71. The van der Waals surface area contributed by atoms with Gasteiger partial charge in [-0.2, -0.15) is 0 Å². The summed E-state index contributed by atoms with van der Waals surface area (Å²) < 4.78 is 25.2. The number of sulfonamides is 1. The molecule has 0 atom stereocenters. The van der Waals surface area contributed by atoms with Crippen molar-refractivity contribution < 1.29 is 13.2 Å². The van der Waals surface area contributed by atoms with E-state index >= 15 is 0 Å². The maximum Gasteiger partial charge on any atom is 0.253 e. The Morgan fingerprint density at radius 1 is 1.17 bits per heavy atom. The van der Waals surface area contributed by atoms with Crippen LogP contribution >= 0.6 is 11.3 Å². The lowest BCUT2D eigenvalue weighted by Gasteiger charge is -2.34. The lowest BCUT2D eigenvalue weighted by molar-refractivity contribution is 0.0627. The van der Waals surface area contributed by atoms with E-state index in [9.17, 15) is 13.2 Å². The van der Waals surface area contributed by atoms with Crippen LogP contribution in [-0.4, -0.2) is 68.1 Å². The molecule has 0 saturated carbocycles. The molecule has 0 radical (unpaired) electrons. The van der Waals surface area contributed by atoms with Gasteiger partial charge in [-0.3, -0.25) is 14.0 Å². The molecular weight excluding hydrogens is 408 g/mol. The van der Waals surface area contributed by atoms with Crippen molar-refractivity contribution in [3.8, 4) is 0 Å². The van der Waals surface area contributed by atoms with Crippen molar-refractivity contribution in [3.05, 3.63) is 45.4 Å². The van der Waals surface area contributed by atoms with Crippen LogP contribution in [0.3, 0.4) is 0 Å². The van der Waals surface area contributed by atoms with Gasteiger partial charge in [-0.25, -0.2) is 13.4 Å². The standard InChI is InChI=1S/C20H26N4O3S2/c1-3-19-21-17(14-28-19)13-22-8-10-23(11-9-22)20(25)16-4-5-18-15(12-16)6-7-24(18)29(2,26)27/h4-5,12,14H,3,6-11,13H2,1-2H3. The highest BCUT2D eigenvalue weighted by Crippen LogP contribution is 2.31. The van der Waals surface area contributed by atoms with E-state index in [2.05, 4.69) is 22.2 Å². The molecule has 4 rings (SSSR count). The number of rotatable bonds is 5.